The number of benzene rings is 2. The van der Waals surface area contributed by atoms with Gasteiger partial charge in [-0.2, -0.15) is 0 Å². The van der Waals surface area contributed by atoms with E-state index in [9.17, 15) is 4.79 Å². The van der Waals surface area contributed by atoms with Crippen LogP contribution in [0.5, 0.6) is 0 Å². The Morgan fingerprint density at radius 1 is 1.07 bits per heavy atom. The Labute approximate surface area is 166 Å². The van der Waals surface area contributed by atoms with E-state index in [1.165, 1.54) is 24.0 Å². The standard InChI is InChI=1S/C24H28N2O2/c1-16-4-2-3-5-22(16)17-6-10-19(11-7-17)24(27)25-20-12-21-15-28-23(18-8-9-18)14-26(21)13-20/h2-7,10-11,18,20-21,23H,8-9,12-15H2,1H3,(H,25,27)/t20-,21-,23-/m0/s1. The van der Waals surface area contributed by atoms with Crippen LogP contribution in [0, 0.1) is 12.8 Å². The number of carbonyl (C=O) groups excluding carboxylic acids is 1. The molecule has 28 heavy (non-hydrogen) atoms. The van der Waals surface area contributed by atoms with Gasteiger partial charge >= 0.3 is 0 Å². The minimum Gasteiger partial charge on any atom is -0.375 e. The van der Waals surface area contributed by atoms with E-state index < -0.39 is 0 Å². The van der Waals surface area contributed by atoms with Crippen molar-refractivity contribution in [2.75, 3.05) is 19.7 Å². The van der Waals surface area contributed by atoms with Crippen molar-refractivity contribution in [3.63, 3.8) is 0 Å². The van der Waals surface area contributed by atoms with Gasteiger partial charge in [-0.1, -0.05) is 36.4 Å². The summed E-state index contributed by atoms with van der Waals surface area (Å²) in [6, 6.07) is 17.0. The summed E-state index contributed by atoms with van der Waals surface area (Å²) in [6.07, 6.45) is 4.05. The Morgan fingerprint density at radius 2 is 1.86 bits per heavy atom. The van der Waals surface area contributed by atoms with Crippen molar-refractivity contribution in [2.24, 2.45) is 5.92 Å². The predicted molar refractivity (Wildman–Crippen MR) is 110 cm³/mol. The molecule has 1 saturated carbocycles. The summed E-state index contributed by atoms with van der Waals surface area (Å²) >= 11 is 0. The zero-order chi connectivity index (χ0) is 19.1. The topological polar surface area (TPSA) is 41.6 Å². The molecule has 0 unspecified atom stereocenters. The van der Waals surface area contributed by atoms with Crippen LogP contribution in [0.2, 0.25) is 0 Å². The summed E-state index contributed by atoms with van der Waals surface area (Å²) in [7, 11) is 0. The van der Waals surface area contributed by atoms with Crippen molar-refractivity contribution < 1.29 is 9.53 Å². The molecule has 5 rings (SSSR count). The number of carbonyl (C=O) groups is 1. The molecule has 4 heteroatoms. The van der Waals surface area contributed by atoms with E-state index in [0.29, 0.717) is 12.1 Å². The average Bonchev–Trinajstić information content (AvgIpc) is 3.48. The molecule has 4 nitrogen and oxygen atoms in total. The van der Waals surface area contributed by atoms with Crippen molar-refractivity contribution in [1.82, 2.24) is 10.2 Å². The molecule has 0 spiro atoms. The first kappa shape index (κ1) is 17.9. The normalized spacial score (nSPS) is 27.4. The molecule has 1 aliphatic carbocycles. The summed E-state index contributed by atoms with van der Waals surface area (Å²) in [5.41, 5.74) is 4.34. The van der Waals surface area contributed by atoms with Gasteiger partial charge in [0.05, 0.1) is 12.7 Å². The Balaban J connectivity index is 1.21. The van der Waals surface area contributed by atoms with Gasteiger partial charge in [0.2, 0.25) is 0 Å². The third kappa shape index (κ3) is 3.59. The van der Waals surface area contributed by atoms with Crippen LogP contribution in [0.1, 0.15) is 35.2 Å². The lowest BCUT2D eigenvalue weighted by Crippen LogP contribution is -2.47. The van der Waals surface area contributed by atoms with Gasteiger partial charge in [0, 0.05) is 30.7 Å². The number of morpholine rings is 1. The van der Waals surface area contributed by atoms with Gasteiger partial charge in [0.15, 0.2) is 0 Å². The Kier molecular flexibility index (Phi) is 4.69. The summed E-state index contributed by atoms with van der Waals surface area (Å²) in [5.74, 6) is 0.808. The smallest absolute Gasteiger partial charge is 0.251 e. The Hall–Kier alpha value is -2.17. The molecule has 146 valence electrons. The van der Waals surface area contributed by atoms with Crippen LogP contribution >= 0.6 is 0 Å². The highest BCUT2D eigenvalue weighted by atomic mass is 16.5. The van der Waals surface area contributed by atoms with Crippen LogP contribution in [-0.4, -0.2) is 48.7 Å². The quantitative estimate of drug-likeness (QED) is 0.886. The van der Waals surface area contributed by atoms with Crippen LogP contribution in [0.3, 0.4) is 0 Å². The first-order valence-corrected chi connectivity index (χ1v) is 10.5. The van der Waals surface area contributed by atoms with Crippen LogP contribution in [0.15, 0.2) is 48.5 Å². The second-order valence-electron chi connectivity index (χ2n) is 8.62. The fourth-order valence-corrected chi connectivity index (χ4v) is 4.72. The zero-order valence-electron chi connectivity index (χ0n) is 16.4. The highest BCUT2D eigenvalue weighted by Gasteiger charge is 2.42. The zero-order valence-corrected chi connectivity index (χ0v) is 16.4. The number of amides is 1. The molecule has 2 aromatic carbocycles. The number of hydrogen-bond acceptors (Lipinski definition) is 3. The van der Waals surface area contributed by atoms with Gasteiger partial charge in [-0.3, -0.25) is 9.69 Å². The lowest BCUT2D eigenvalue weighted by atomic mass is 9.99. The monoisotopic (exact) mass is 376 g/mol. The molecular weight excluding hydrogens is 348 g/mol. The molecule has 3 fully saturated rings. The molecule has 2 aromatic rings. The largest absolute Gasteiger partial charge is 0.375 e. The minimum absolute atomic E-state index is 0.0286. The molecule has 1 N–H and O–H groups in total. The van der Waals surface area contributed by atoms with Crippen molar-refractivity contribution in [1.29, 1.82) is 0 Å². The number of hydrogen-bond donors (Lipinski definition) is 1. The van der Waals surface area contributed by atoms with Crippen LogP contribution in [-0.2, 0) is 4.74 Å². The van der Waals surface area contributed by atoms with E-state index in [-0.39, 0.29) is 11.9 Å². The fourth-order valence-electron chi connectivity index (χ4n) is 4.72. The van der Waals surface area contributed by atoms with Crippen molar-refractivity contribution in [2.45, 2.75) is 44.4 Å². The second-order valence-corrected chi connectivity index (χ2v) is 8.62. The third-order valence-electron chi connectivity index (χ3n) is 6.53. The Morgan fingerprint density at radius 3 is 2.61 bits per heavy atom. The van der Waals surface area contributed by atoms with Crippen LogP contribution in [0.25, 0.3) is 11.1 Å². The SMILES string of the molecule is Cc1ccccc1-c1ccc(C(=O)N[C@H]2C[C@H]3CO[C@H](C4CC4)CN3C2)cc1. The lowest BCUT2D eigenvalue weighted by molar-refractivity contribution is -0.0581. The first-order valence-electron chi connectivity index (χ1n) is 10.5. The average molecular weight is 377 g/mol. The van der Waals surface area contributed by atoms with E-state index in [1.807, 2.05) is 30.3 Å². The Bertz CT molecular complexity index is 859. The van der Waals surface area contributed by atoms with Gasteiger partial charge < -0.3 is 10.1 Å². The predicted octanol–water partition coefficient (Wildman–Crippen LogP) is 3.64. The maximum atomic E-state index is 12.7. The van der Waals surface area contributed by atoms with Crippen molar-refractivity contribution >= 4 is 5.91 Å². The third-order valence-corrected chi connectivity index (χ3v) is 6.53. The van der Waals surface area contributed by atoms with Gasteiger partial charge in [0.1, 0.15) is 0 Å². The molecule has 2 aliphatic heterocycles. The summed E-state index contributed by atoms with van der Waals surface area (Å²) in [6.45, 7) is 4.91. The van der Waals surface area contributed by atoms with Gasteiger partial charge in [0.25, 0.3) is 5.91 Å². The summed E-state index contributed by atoms with van der Waals surface area (Å²) < 4.78 is 6.06. The maximum Gasteiger partial charge on any atom is 0.251 e. The minimum atomic E-state index is 0.0286. The van der Waals surface area contributed by atoms with Crippen LogP contribution in [0.4, 0.5) is 0 Å². The summed E-state index contributed by atoms with van der Waals surface area (Å²) in [5, 5.41) is 3.25. The molecular formula is C24H28N2O2. The molecule has 3 aliphatic rings. The molecule has 2 heterocycles. The van der Waals surface area contributed by atoms with E-state index >= 15 is 0 Å². The first-order chi connectivity index (χ1) is 13.7. The number of nitrogens with zero attached hydrogens (tertiary/aromatic N) is 1. The number of ether oxygens (including phenoxy) is 1. The van der Waals surface area contributed by atoms with Crippen LogP contribution < -0.4 is 5.32 Å². The molecule has 0 aromatic heterocycles. The van der Waals surface area contributed by atoms with E-state index in [2.05, 4.69) is 35.3 Å². The van der Waals surface area contributed by atoms with E-state index in [4.69, 9.17) is 4.74 Å². The maximum absolute atomic E-state index is 12.7. The van der Waals surface area contributed by atoms with E-state index in [1.54, 1.807) is 0 Å². The molecule has 3 atom stereocenters. The van der Waals surface area contributed by atoms with Crippen molar-refractivity contribution in [3.8, 4) is 11.1 Å². The number of fused-ring (bicyclic) bond motifs is 1. The molecule has 0 bridgehead atoms. The number of nitrogens with one attached hydrogen (secondary N) is 1. The van der Waals surface area contributed by atoms with Gasteiger partial charge in [-0.05, 0) is 60.9 Å². The fraction of sp³-hybridized carbons (Fsp3) is 0.458. The van der Waals surface area contributed by atoms with Gasteiger partial charge in [-0.15, -0.1) is 0 Å². The van der Waals surface area contributed by atoms with E-state index in [0.717, 1.165) is 43.2 Å². The molecule has 1 amide bonds. The highest BCUT2D eigenvalue weighted by molar-refractivity contribution is 5.95. The van der Waals surface area contributed by atoms with Crippen molar-refractivity contribution in [3.05, 3.63) is 59.7 Å². The molecule has 2 saturated heterocycles. The highest BCUT2D eigenvalue weighted by Crippen LogP contribution is 2.37. The molecule has 0 radical (unpaired) electrons. The summed E-state index contributed by atoms with van der Waals surface area (Å²) in [4.78, 5) is 15.3. The second kappa shape index (κ2) is 7.34. The number of aryl methyl sites for hydroxylation is 1. The lowest BCUT2D eigenvalue weighted by Gasteiger charge is -2.35. The number of rotatable bonds is 4. The van der Waals surface area contributed by atoms with Gasteiger partial charge in [-0.25, -0.2) is 0 Å².